The number of carbonyl (C=O) groups is 1. The number of hydrogen-bond donors (Lipinski definition) is 2. The summed E-state index contributed by atoms with van der Waals surface area (Å²) in [5, 5.41) is 15.9. The fourth-order valence-corrected chi connectivity index (χ4v) is 4.50. The van der Waals surface area contributed by atoms with Crippen molar-refractivity contribution < 1.29 is 4.79 Å². The first-order chi connectivity index (χ1) is 15.2. The number of aromatic nitrogens is 4. The Morgan fingerprint density at radius 3 is 2.28 bits per heavy atom. The van der Waals surface area contributed by atoms with Gasteiger partial charge in [0.1, 0.15) is 0 Å². The molecular formula is C26H31N5O. The standard InChI is InChI=1S/C26H31N5O/c1-6-18(20-11-12-21-22(16-20)26(4,5)14-13-25(21,2)3)15-17-7-9-19(10-8-17)23(32)27-24-28-30-31-29-24/h7-12,15-16H,6,13-14H2,1-5H3,(H2,27,28,29,30,31,32)/b18-15+. The highest BCUT2D eigenvalue weighted by atomic mass is 16.1. The van der Waals surface area contributed by atoms with Crippen LogP contribution < -0.4 is 5.32 Å². The van der Waals surface area contributed by atoms with Crippen molar-refractivity contribution in [3.8, 4) is 0 Å². The molecule has 1 aromatic heterocycles. The van der Waals surface area contributed by atoms with Crippen LogP contribution in [0.1, 0.15) is 86.5 Å². The molecule has 1 aliphatic rings. The molecule has 4 rings (SSSR count). The summed E-state index contributed by atoms with van der Waals surface area (Å²) in [5.74, 6) is -0.108. The average Bonchev–Trinajstić information content (AvgIpc) is 3.28. The van der Waals surface area contributed by atoms with E-state index in [2.05, 4.69) is 84.8 Å². The van der Waals surface area contributed by atoms with E-state index in [1.54, 1.807) is 0 Å². The molecule has 0 unspecified atom stereocenters. The summed E-state index contributed by atoms with van der Waals surface area (Å²) in [6.07, 6.45) is 5.57. The normalized spacial score (nSPS) is 17.0. The molecular weight excluding hydrogens is 398 g/mol. The summed E-state index contributed by atoms with van der Waals surface area (Å²) in [6, 6.07) is 14.6. The topological polar surface area (TPSA) is 83.6 Å². The molecule has 0 fully saturated rings. The van der Waals surface area contributed by atoms with Gasteiger partial charge in [-0.05, 0) is 75.3 Å². The van der Waals surface area contributed by atoms with Gasteiger partial charge in [-0.3, -0.25) is 10.1 Å². The molecule has 1 aliphatic carbocycles. The molecule has 2 aromatic carbocycles. The summed E-state index contributed by atoms with van der Waals surface area (Å²) in [5.41, 5.74) is 7.53. The largest absolute Gasteiger partial charge is 0.288 e. The Hall–Kier alpha value is -3.28. The van der Waals surface area contributed by atoms with Crippen LogP contribution in [0, 0.1) is 0 Å². The third kappa shape index (κ3) is 4.35. The molecule has 1 heterocycles. The number of anilines is 1. The van der Waals surface area contributed by atoms with Crippen molar-refractivity contribution in [2.75, 3.05) is 5.32 Å². The predicted octanol–water partition coefficient (Wildman–Crippen LogP) is 5.75. The Kier molecular flexibility index (Phi) is 5.71. The number of hydrogen-bond acceptors (Lipinski definition) is 4. The van der Waals surface area contributed by atoms with Crippen molar-refractivity contribution in [3.63, 3.8) is 0 Å². The Balaban J connectivity index is 1.60. The van der Waals surface area contributed by atoms with E-state index in [0.717, 1.165) is 12.0 Å². The van der Waals surface area contributed by atoms with Crippen molar-refractivity contribution in [2.45, 2.75) is 64.7 Å². The van der Waals surface area contributed by atoms with Crippen LogP contribution >= 0.6 is 0 Å². The van der Waals surface area contributed by atoms with Gasteiger partial charge in [-0.15, -0.1) is 5.10 Å². The predicted molar refractivity (Wildman–Crippen MR) is 128 cm³/mol. The number of allylic oxidation sites excluding steroid dienone is 1. The highest BCUT2D eigenvalue weighted by Crippen LogP contribution is 2.46. The Bertz CT molecular complexity index is 1140. The van der Waals surface area contributed by atoms with E-state index in [4.69, 9.17) is 0 Å². The van der Waals surface area contributed by atoms with E-state index in [-0.39, 0.29) is 22.7 Å². The molecule has 0 spiro atoms. The number of benzene rings is 2. The van der Waals surface area contributed by atoms with Crippen LogP contribution in [-0.4, -0.2) is 26.5 Å². The maximum Gasteiger partial charge on any atom is 0.270 e. The first-order valence-corrected chi connectivity index (χ1v) is 11.2. The van der Waals surface area contributed by atoms with Gasteiger partial charge in [0.05, 0.1) is 0 Å². The van der Waals surface area contributed by atoms with Gasteiger partial charge in [0.15, 0.2) is 0 Å². The quantitative estimate of drug-likeness (QED) is 0.506. The maximum absolute atomic E-state index is 12.3. The van der Waals surface area contributed by atoms with Crippen molar-refractivity contribution in [2.24, 2.45) is 0 Å². The van der Waals surface area contributed by atoms with Crippen LogP contribution in [0.3, 0.4) is 0 Å². The van der Waals surface area contributed by atoms with Crippen LogP contribution in [0.2, 0.25) is 0 Å². The monoisotopic (exact) mass is 429 g/mol. The number of rotatable bonds is 5. The smallest absolute Gasteiger partial charge is 0.270 e. The highest BCUT2D eigenvalue weighted by Gasteiger charge is 2.36. The fourth-order valence-electron chi connectivity index (χ4n) is 4.50. The van der Waals surface area contributed by atoms with Crippen LogP contribution in [-0.2, 0) is 10.8 Å². The van der Waals surface area contributed by atoms with Gasteiger partial charge in [0.25, 0.3) is 11.9 Å². The summed E-state index contributed by atoms with van der Waals surface area (Å²) < 4.78 is 0. The molecule has 0 bridgehead atoms. The molecule has 0 radical (unpaired) electrons. The number of amides is 1. The van der Waals surface area contributed by atoms with E-state index >= 15 is 0 Å². The maximum atomic E-state index is 12.3. The van der Waals surface area contributed by atoms with E-state index in [0.29, 0.717) is 5.56 Å². The lowest BCUT2D eigenvalue weighted by atomic mass is 9.63. The summed E-state index contributed by atoms with van der Waals surface area (Å²) in [7, 11) is 0. The summed E-state index contributed by atoms with van der Waals surface area (Å²) in [6.45, 7) is 11.6. The number of nitrogens with zero attached hydrogens (tertiary/aromatic N) is 3. The second-order valence-electron chi connectivity index (χ2n) is 9.86. The van der Waals surface area contributed by atoms with E-state index in [1.807, 2.05) is 24.3 Å². The molecule has 6 nitrogen and oxygen atoms in total. The molecule has 32 heavy (non-hydrogen) atoms. The third-order valence-corrected chi connectivity index (χ3v) is 6.69. The Morgan fingerprint density at radius 2 is 1.66 bits per heavy atom. The lowest BCUT2D eigenvalue weighted by molar-refractivity contribution is 0.102. The molecule has 1 amide bonds. The van der Waals surface area contributed by atoms with E-state index in [1.165, 1.54) is 35.1 Å². The third-order valence-electron chi connectivity index (χ3n) is 6.69. The minimum absolute atomic E-state index is 0.158. The van der Waals surface area contributed by atoms with Gasteiger partial charge in [0.2, 0.25) is 0 Å². The second kappa shape index (κ2) is 8.34. The summed E-state index contributed by atoms with van der Waals surface area (Å²) >= 11 is 0. The Labute approximate surface area is 189 Å². The molecule has 0 aliphatic heterocycles. The zero-order valence-electron chi connectivity index (χ0n) is 19.5. The van der Waals surface area contributed by atoms with Crippen molar-refractivity contribution >= 4 is 23.5 Å². The van der Waals surface area contributed by atoms with Gasteiger partial charge >= 0.3 is 0 Å². The van der Waals surface area contributed by atoms with Gasteiger partial charge < -0.3 is 0 Å². The molecule has 0 saturated heterocycles. The molecule has 3 aromatic rings. The zero-order chi connectivity index (χ0) is 22.9. The number of H-pyrrole nitrogens is 1. The summed E-state index contributed by atoms with van der Waals surface area (Å²) in [4.78, 5) is 12.3. The highest BCUT2D eigenvalue weighted by molar-refractivity contribution is 6.03. The molecule has 166 valence electrons. The zero-order valence-corrected chi connectivity index (χ0v) is 19.5. The van der Waals surface area contributed by atoms with Crippen molar-refractivity contribution in [1.82, 2.24) is 20.6 Å². The lowest BCUT2D eigenvalue weighted by Gasteiger charge is -2.42. The van der Waals surface area contributed by atoms with Crippen LogP contribution in [0.15, 0.2) is 42.5 Å². The first kappa shape index (κ1) is 21.9. The number of nitrogens with one attached hydrogen (secondary N) is 2. The molecule has 0 saturated carbocycles. The van der Waals surface area contributed by atoms with Gasteiger partial charge in [0, 0.05) is 5.56 Å². The van der Waals surface area contributed by atoms with Crippen LogP contribution in [0.5, 0.6) is 0 Å². The van der Waals surface area contributed by atoms with Crippen molar-refractivity contribution in [3.05, 3.63) is 70.3 Å². The number of tetrazole rings is 1. The molecule has 2 N–H and O–H groups in total. The molecule has 0 atom stereocenters. The minimum atomic E-state index is -0.267. The van der Waals surface area contributed by atoms with Crippen LogP contribution in [0.4, 0.5) is 5.95 Å². The van der Waals surface area contributed by atoms with E-state index in [9.17, 15) is 4.79 Å². The van der Waals surface area contributed by atoms with E-state index < -0.39 is 0 Å². The number of fused-ring (bicyclic) bond motifs is 1. The van der Waals surface area contributed by atoms with Gasteiger partial charge in [-0.1, -0.05) is 76.1 Å². The van der Waals surface area contributed by atoms with Gasteiger partial charge in [-0.25, -0.2) is 0 Å². The lowest BCUT2D eigenvalue weighted by Crippen LogP contribution is -2.33. The Morgan fingerprint density at radius 1 is 1.00 bits per heavy atom. The second-order valence-corrected chi connectivity index (χ2v) is 9.86. The fraction of sp³-hybridized carbons (Fsp3) is 0.385. The van der Waals surface area contributed by atoms with Gasteiger partial charge in [-0.2, -0.15) is 5.21 Å². The van der Waals surface area contributed by atoms with Crippen molar-refractivity contribution in [1.29, 1.82) is 0 Å². The van der Waals surface area contributed by atoms with Crippen LogP contribution in [0.25, 0.3) is 11.6 Å². The average molecular weight is 430 g/mol. The number of aromatic amines is 1. The minimum Gasteiger partial charge on any atom is -0.288 e. The first-order valence-electron chi connectivity index (χ1n) is 11.2. The number of carbonyl (C=O) groups excluding carboxylic acids is 1. The SMILES string of the molecule is CC/C(=C\c1ccc(C(=O)Nc2nn[nH]n2)cc1)c1ccc2c(c1)C(C)(C)CCC2(C)C. The molecule has 6 heteroatoms.